The zero-order valence-corrected chi connectivity index (χ0v) is 9.74. The highest BCUT2D eigenvalue weighted by molar-refractivity contribution is 7.98. The molecular formula is C8H9ClN2O4S. The minimum absolute atomic E-state index is 0.0191. The molecule has 3 N–H and O–H groups in total. The van der Waals surface area contributed by atoms with Crippen LogP contribution in [0.4, 0.5) is 0 Å². The van der Waals surface area contributed by atoms with Gasteiger partial charge in [-0.05, 0) is 6.26 Å². The number of halogens is 1. The van der Waals surface area contributed by atoms with Gasteiger partial charge < -0.3 is 15.3 Å². The fourth-order valence-electron chi connectivity index (χ4n) is 0.957. The van der Waals surface area contributed by atoms with Crippen LogP contribution in [0.25, 0.3) is 0 Å². The lowest BCUT2D eigenvalue weighted by Gasteiger charge is -2.14. The number of carbonyl (C=O) groups is 1. The molecule has 1 rings (SSSR count). The summed E-state index contributed by atoms with van der Waals surface area (Å²) < 4.78 is 0. The van der Waals surface area contributed by atoms with Gasteiger partial charge in [0.25, 0.3) is 0 Å². The first-order chi connectivity index (χ1) is 7.47. The van der Waals surface area contributed by atoms with Crippen LogP contribution in [0.3, 0.4) is 0 Å². The number of carboxylic acid groups (broad SMARTS) is 1. The third-order valence-electron chi connectivity index (χ3n) is 1.80. The van der Waals surface area contributed by atoms with Crippen molar-refractivity contribution in [3.8, 4) is 0 Å². The summed E-state index contributed by atoms with van der Waals surface area (Å²) in [7, 11) is 0. The number of hydrogen-bond acceptors (Lipinski definition) is 6. The summed E-state index contributed by atoms with van der Waals surface area (Å²) in [5, 5.41) is 27.5. The molecule has 0 amide bonds. The summed E-state index contributed by atoms with van der Waals surface area (Å²) in [5.74, 6) is -1.54. The van der Waals surface area contributed by atoms with Crippen molar-refractivity contribution in [2.75, 3.05) is 6.26 Å². The van der Waals surface area contributed by atoms with Gasteiger partial charge in [0.2, 0.25) is 0 Å². The maximum atomic E-state index is 10.5. The Bertz CT molecular complexity index is 404. The number of hydrogen-bond donors (Lipinski definition) is 3. The van der Waals surface area contributed by atoms with Gasteiger partial charge in [0.05, 0.1) is 0 Å². The fraction of sp³-hybridized carbons (Fsp3) is 0.375. The van der Waals surface area contributed by atoms with Gasteiger partial charge in [-0.3, -0.25) is 0 Å². The number of rotatable bonds is 4. The van der Waals surface area contributed by atoms with E-state index < -0.39 is 18.2 Å². The van der Waals surface area contributed by atoms with E-state index >= 15 is 0 Å². The number of aliphatic carboxylic acids is 1. The van der Waals surface area contributed by atoms with Crippen LogP contribution in [0.2, 0.25) is 5.15 Å². The number of aliphatic hydroxyl groups is 2. The first-order valence-electron chi connectivity index (χ1n) is 4.12. The molecule has 0 saturated carbocycles. The van der Waals surface area contributed by atoms with Crippen molar-refractivity contribution >= 4 is 29.3 Å². The third-order valence-corrected chi connectivity index (χ3v) is 2.66. The molecule has 2 unspecified atom stereocenters. The van der Waals surface area contributed by atoms with Crippen molar-refractivity contribution in [3.63, 3.8) is 0 Å². The standard InChI is InChI=1S/C8H9ClN2O4S/c1-16-8-10-2-3(6(9)11-8)4(12)5(13)7(14)15/h2,4-5,12-13H,1H3,(H,14,15). The van der Waals surface area contributed by atoms with E-state index in [9.17, 15) is 9.90 Å². The molecule has 0 saturated heterocycles. The van der Waals surface area contributed by atoms with E-state index in [1.807, 2.05) is 0 Å². The SMILES string of the molecule is CSc1ncc(C(O)C(O)C(=O)O)c(Cl)n1. The molecule has 0 aliphatic rings. The van der Waals surface area contributed by atoms with E-state index in [4.69, 9.17) is 21.8 Å². The van der Waals surface area contributed by atoms with Crippen LogP contribution >= 0.6 is 23.4 Å². The van der Waals surface area contributed by atoms with Gasteiger partial charge in [0.15, 0.2) is 11.3 Å². The Morgan fingerprint density at radius 3 is 2.62 bits per heavy atom. The summed E-state index contributed by atoms with van der Waals surface area (Å²) >= 11 is 6.97. The van der Waals surface area contributed by atoms with Crippen molar-refractivity contribution in [1.29, 1.82) is 0 Å². The second kappa shape index (κ2) is 5.44. The van der Waals surface area contributed by atoms with Crippen molar-refractivity contribution in [3.05, 3.63) is 16.9 Å². The van der Waals surface area contributed by atoms with E-state index in [1.165, 1.54) is 18.0 Å². The molecule has 16 heavy (non-hydrogen) atoms. The summed E-state index contributed by atoms with van der Waals surface area (Å²) in [6, 6.07) is 0. The van der Waals surface area contributed by atoms with Gasteiger partial charge in [0.1, 0.15) is 11.3 Å². The van der Waals surface area contributed by atoms with Crippen LogP contribution in [0, 0.1) is 0 Å². The minimum atomic E-state index is -1.96. The van der Waals surface area contributed by atoms with E-state index in [0.29, 0.717) is 5.16 Å². The van der Waals surface area contributed by atoms with Crippen molar-refractivity contribution in [2.24, 2.45) is 0 Å². The highest BCUT2D eigenvalue weighted by Gasteiger charge is 2.27. The predicted octanol–water partition coefficient (Wildman–Crippen LogP) is 0.331. The lowest BCUT2D eigenvalue weighted by molar-refractivity contribution is -0.153. The van der Waals surface area contributed by atoms with Crippen molar-refractivity contribution in [2.45, 2.75) is 17.4 Å². The quantitative estimate of drug-likeness (QED) is 0.409. The first-order valence-corrected chi connectivity index (χ1v) is 5.73. The van der Waals surface area contributed by atoms with E-state index in [1.54, 1.807) is 6.26 Å². The average Bonchev–Trinajstić information content (AvgIpc) is 2.26. The second-order valence-corrected chi connectivity index (χ2v) is 3.96. The lowest BCUT2D eigenvalue weighted by atomic mass is 10.1. The number of carboxylic acids is 1. The van der Waals surface area contributed by atoms with Crippen LogP contribution in [-0.2, 0) is 4.79 Å². The van der Waals surface area contributed by atoms with Gasteiger partial charge in [0, 0.05) is 11.8 Å². The Labute approximate surface area is 100 Å². The minimum Gasteiger partial charge on any atom is -0.479 e. The summed E-state index contributed by atoms with van der Waals surface area (Å²) in [5.41, 5.74) is -0.0191. The molecule has 0 radical (unpaired) electrons. The topological polar surface area (TPSA) is 104 Å². The Balaban J connectivity index is 3.00. The Morgan fingerprint density at radius 1 is 1.56 bits per heavy atom. The lowest BCUT2D eigenvalue weighted by Crippen LogP contribution is -2.28. The molecule has 88 valence electrons. The zero-order chi connectivity index (χ0) is 12.3. The highest BCUT2D eigenvalue weighted by Crippen LogP contribution is 2.24. The maximum absolute atomic E-state index is 10.5. The van der Waals surface area contributed by atoms with Crippen LogP contribution in [-0.4, -0.2) is 43.6 Å². The largest absolute Gasteiger partial charge is 0.479 e. The normalized spacial score (nSPS) is 14.5. The van der Waals surface area contributed by atoms with Gasteiger partial charge in [-0.2, -0.15) is 0 Å². The number of nitrogens with zero attached hydrogens (tertiary/aromatic N) is 2. The van der Waals surface area contributed by atoms with Crippen LogP contribution in [0.1, 0.15) is 11.7 Å². The Kier molecular flexibility index (Phi) is 4.48. The molecule has 2 atom stereocenters. The van der Waals surface area contributed by atoms with Gasteiger partial charge >= 0.3 is 5.97 Å². The monoisotopic (exact) mass is 264 g/mol. The van der Waals surface area contributed by atoms with Crippen molar-refractivity contribution in [1.82, 2.24) is 9.97 Å². The fourth-order valence-corrected chi connectivity index (χ4v) is 1.59. The molecule has 0 spiro atoms. The number of aromatic nitrogens is 2. The second-order valence-electron chi connectivity index (χ2n) is 2.83. The van der Waals surface area contributed by atoms with Crippen LogP contribution < -0.4 is 0 Å². The van der Waals surface area contributed by atoms with Gasteiger partial charge in [-0.25, -0.2) is 14.8 Å². The molecule has 8 heteroatoms. The molecule has 6 nitrogen and oxygen atoms in total. The first kappa shape index (κ1) is 13.2. The summed E-state index contributed by atoms with van der Waals surface area (Å²) in [6.45, 7) is 0. The third kappa shape index (κ3) is 2.82. The highest BCUT2D eigenvalue weighted by atomic mass is 35.5. The van der Waals surface area contributed by atoms with Gasteiger partial charge in [-0.1, -0.05) is 23.4 Å². The smallest absolute Gasteiger partial charge is 0.335 e. The Hall–Kier alpha value is -0.890. The van der Waals surface area contributed by atoms with Crippen molar-refractivity contribution < 1.29 is 20.1 Å². The molecule has 0 bridgehead atoms. The van der Waals surface area contributed by atoms with E-state index in [-0.39, 0.29) is 10.7 Å². The van der Waals surface area contributed by atoms with Crippen LogP contribution in [0.15, 0.2) is 11.4 Å². The zero-order valence-electron chi connectivity index (χ0n) is 8.16. The molecular weight excluding hydrogens is 256 g/mol. The number of aliphatic hydroxyl groups excluding tert-OH is 2. The molecule has 0 fully saturated rings. The molecule has 1 aromatic heterocycles. The molecule has 0 aromatic carbocycles. The van der Waals surface area contributed by atoms with E-state index in [2.05, 4.69) is 9.97 Å². The molecule has 0 aliphatic carbocycles. The predicted molar refractivity (Wildman–Crippen MR) is 57.4 cm³/mol. The van der Waals surface area contributed by atoms with Gasteiger partial charge in [-0.15, -0.1) is 0 Å². The van der Waals surface area contributed by atoms with E-state index in [0.717, 1.165) is 0 Å². The van der Waals surface area contributed by atoms with Crippen LogP contribution in [0.5, 0.6) is 0 Å². The summed E-state index contributed by atoms with van der Waals surface area (Å²) in [4.78, 5) is 18.1. The maximum Gasteiger partial charge on any atom is 0.335 e. The molecule has 1 aromatic rings. The molecule has 0 aliphatic heterocycles. The number of thioether (sulfide) groups is 1. The molecule has 1 heterocycles. The summed E-state index contributed by atoms with van der Waals surface area (Å²) in [6.07, 6.45) is -0.673. The Morgan fingerprint density at radius 2 is 2.19 bits per heavy atom. The average molecular weight is 265 g/mol.